The lowest BCUT2D eigenvalue weighted by atomic mass is 9.97. The quantitative estimate of drug-likeness (QED) is 0.943. The highest BCUT2D eigenvalue weighted by Crippen LogP contribution is 2.25. The molecule has 1 fully saturated rings. The summed E-state index contributed by atoms with van der Waals surface area (Å²) in [6, 6.07) is 10.3. The molecule has 5 nitrogen and oxygen atoms in total. The smallest absolute Gasteiger partial charge is 0.306 e. The molecule has 1 saturated heterocycles. The van der Waals surface area contributed by atoms with Crippen LogP contribution < -0.4 is 4.90 Å². The summed E-state index contributed by atoms with van der Waals surface area (Å²) in [7, 11) is 0. The summed E-state index contributed by atoms with van der Waals surface area (Å²) in [6.45, 7) is 5.59. The Morgan fingerprint density at radius 1 is 1.13 bits per heavy atom. The highest BCUT2D eigenvalue weighted by molar-refractivity contribution is 5.70. The third-order valence-corrected chi connectivity index (χ3v) is 4.48. The maximum atomic E-state index is 11.0. The van der Waals surface area contributed by atoms with Crippen molar-refractivity contribution >= 4 is 11.8 Å². The fourth-order valence-electron chi connectivity index (χ4n) is 3.09. The zero-order valence-electron chi connectivity index (χ0n) is 13.5. The average molecular weight is 311 g/mol. The molecule has 3 rings (SSSR count). The standard InChI is InChI=1S/C18H21N3O2/c1-12-3-4-15(13(2)11-12)16-5-6-17(20-19-16)21-9-7-14(8-10-21)18(22)23/h3-6,11,14H,7-10H2,1-2H3,(H,22,23). The molecule has 0 saturated carbocycles. The molecule has 0 unspecified atom stereocenters. The Balaban J connectivity index is 1.74. The van der Waals surface area contributed by atoms with E-state index in [1.165, 1.54) is 11.1 Å². The molecule has 0 atom stereocenters. The van der Waals surface area contributed by atoms with Crippen LogP contribution in [-0.2, 0) is 4.79 Å². The van der Waals surface area contributed by atoms with E-state index in [1.54, 1.807) is 0 Å². The topological polar surface area (TPSA) is 66.3 Å². The third-order valence-electron chi connectivity index (χ3n) is 4.48. The van der Waals surface area contributed by atoms with Gasteiger partial charge in [0.15, 0.2) is 5.82 Å². The summed E-state index contributed by atoms with van der Waals surface area (Å²) in [5.41, 5.74) is 4.39. The molecule has 2 aromatic rings. The first kappa shape index (κ1) is 15.5. The van der Waals surface area contributed by atoms with Crippen molar-refractivity contribution in [2.24, 2.45) is 5.92 Å². The molecule has 1 aromatic heterocycles. The minimum absolute atomic E-state index is 0.228. The van der Waals surface area contributed by atoms with Crippen LogP contribution in [0, 0.1) is 19.8 Å². The van der Waals surface area contributed by atoms with Gasteiger partial charge >= 0.3 is 5.97 Å². The van der Waals surface area contributed by atoms with E-state index in [4.69, 9.17) is 5.11 Å². The Morgan fingerprint density at radius 2 is 1.87 bits per heavy atom. The second kappa shape index (κ2) is 6.36. The van der Waals surface area contributed by atoms with Crippen LogP contribution >= 0.6 is 0 Å². The molecule has 1 aromatic carbocycles. The number of piperidine rings is 1. The Bertz CT molecular complexity index is 705. The van der Waals surface area contributed by atoms with Crippen LogP contribution in [0.15, 0.2) is 30.3 Å². The fraction of sp³-hybridized carbons (Fsp3) is 0.389. The van der Waals surface area contributed by atoms with Gasteiger partial charge in [-0.3, -0.25) is 4.79 Å². The highest BCUT2D eigenvalue weighted by atomic mass is 16.4. The Labute approximate surface area is 136 Å². The van der Waals surface area contributed by atoms with Crippen molar-refractivity contribution in [2.75, 3.05) is 18.0 Å². The van der Waals surface area contributed by atoms with E-state index in [0.717, 1.165) is 17.1 Å². The maximum absolute atomic E-state index is 11.0. The molecular formula is C18H21N3O2. The van der Waals surface area contributed by atoms with Gasteiger partial charge in [-0.15, -0.1) is 10.2 Å². The number of carboxylic acids is 1. The molecule has 23 heavy (non-hydrogen) atoms. The van der Waals surface area contributed by atoms with Crippen LogP contribution in [0.4, 0.5) is 5.82 Å². The number of aromatic nitrogens is 2. The number of benzene rings is 1. The van der Waals surface area contributed by atoms with Crippen LogP contribution in [0.3, 0.4) is 0 Å². The van der Waals surface area contributed by atoms with E-state index in [1.807, 2.05) is 12.1 Å². The van der Waals surface area contributed by atoms with Gasteiger partial charge < -0.3 is 10.0 Å². The van der Waals surface area contributed by atoms with Gasteiger partial charge in [0.1, 0.15) is 0 Å². The van der Waals surface area contributed by atoms with Crippen molar-refractivity contribution < 1.29 is 9.90 Å². The molecule has 2 heterocycles. The summed E-state index contributed by atoms with van der Waals surface area (Å²) in [6.07, 6.45) is 1.33. The van der Waals surface area contributed by atoms with Crippen molar-refractivity contribution in [3.05, 3.63) is 41.5 Å². The fourth-order valence-corrected chi connectivity index (χ4v) is 3.09. The Kier molecular flexibility index (Phi) is 4.28. The molecule has 1 aliphatic rings. The van der Waals surface area contributed by atoms with Crippen LogP contribution in [0.2, 0.25) is 0 Å². The monoisotopic (exact) mass is 311 g/mol. The van der Waals surface area contributed by atoms with Crippen molar-refractivity contribution in [3.8, 4) is 11.3 Å². The molecule has 1 aliphatic heterocycles. The van der Waals surface area contributed by atoms with Gasteiger partial charge in [0.25, 0.3) is 0 Å². The van der Waals surface area contributed by atoms with E-state index in [2.05, 4.69) is 47.1 Å². The number of aryl methyl sites for hydroxylation is 2. The first-order valence-electron chi connectivity index (χ1n) is 7.93. The summed E-state index contributed by atoms with van der Waals surface area (Å²) in [5.74, 6) is -0.100. The second-order valence-corrected chi connectivity index (χ2v) is 6.19. The van der Waals surface area contributed by atoms with Crippen molar-refractivity contribution in [1.82, 2.24) is 10.2 Å². The molecule has 5 heteroatoms. The van der Waals surface area contributed by atoms with Crippen LogP contribution in [0.25, 0.3) is 11.3 Å². The maximum Gasteiger partial charge on any atom is 0.306 e. The third kappa shape index (κ3) is 3.33. The number of rotatable bonds is 3. The number of hydrogen-bond acceptors (Lipinski definition) is 4. The number of hydrogen-bond donors (Lipinski definition) is 1. The van der Waals surface area contributed by atoms with Crippen molar-refractivity contribution in [1.29, 1.82) is 0 Å². The van der Waals surface area contributed by atoms with Gasteiger partial charge in [0.2, 0.25) is 0 Å². The first-order chi connectivity index (χ1) is 11.0. The largest absolute Gasteiger partial charge is 0.481 e. The number of aliphatic carboxylic acids is 1. The molecule has 120 valence electrons. The average Bonchev–Trinajstić information content (AvgIpc) is 2.55. The van der Waals surface area contributed by atoms with Crippen LogP contribution in [0.5, 0.6) is 0 Å². The first-order valence-corrected chi connectivity index (χ1v) is 7.93. The van der Waals surface area contributed by atoms with E-state index in [-0.39, 0.29) is 5.92 Å². The number of anilines is 1. The van der Waals surface area contributed by atoms with E-state index in [9.17, 15) is 4.79 Å². The molecule has 1 N–H and O–H groups in total. The lowest BCUT2D eigenvalue weighted by Crippen LogP contribution is -2.36. The minimum atomic E-state index is -0.694. The zero-order chi connectivity index (χ0) is 16.4. The lowest BCUT2D eigenvalue weighted by molar-refractivity contribution is -0.142. The van der Waals surface area contributed by atoms with Crippen LogP contribution in [0.1, 0.15) is 24.0 Å². The molecular weight excluding hydrogens is 290 g/mol. The molecule has 0 spiro atoms. The SMILES string of the molecule is Cc1ccc(-c2ccc(N3CCC(C(=O)O)CC3)nn2)c(C)c1. The molecule has 0 bridgehead atoms. The number of carbonyl (C=O) groups is 1. The normalized spacial score (nSPS) is 15.7. The summed E-state index contributed by atoms with van der Waals surface area (Å²) >= 11 is 0. The zero-order valence-corrected chi connectivity index (χ0v) is 13.5. The molecule has 0 amide bonds. The van der Waals surface area contributed by atoms with E-state index >= 15 is 0 Å². The molecule has 0 aliphatic carbocycles. The van der Waals surface area contributed by atoms with Gasteiger partial charge in [-0.25, -0.2) is 0 Å². The lowest BCUT2D eigenvalue weighted by Gasteiger charge is -2.30. The van der Waals surface area contributed by atoms with Crippen molar-refractivity contribution in [3.63, 3.8) is 0 Å². The molecule has 0 radical (unpaired) electrons. The number of nitrogens with zero attached hydrogens (tertiary/aromatic N) is 3. The van der Waals surface area contributed by atoms with Crippen molar-refractivity contribution in [2.45, 2.75) is 26.7 Å². The highest BCUT2D eigenvalue weighted by Gasteiger charge is 2.25. The summed E-state index contributed by atoms with van der Waals surface area (Å²) < 4.78 is 0. The van der Waals surface area contributed by atoms with Gasteiger partial charge in [-0.05, 0) is 44.4 Å². The predicted octanol–water partition coefficient (Wildman–Crippen LogP) is 3.06. The Hall–Kier alpha value is -2.43. The van der Waals surface area contributed by atoms with E-state index in [0.29, 0.717) is 25.9 Å². The van der Waals surface area contributed by atoms with E-state index < -0.39 is 5.97 Å². The van der Waals surface area contributed by atoms with Gasteiger partial charge in [-0.2, -0.15) is 0 Å². The summed E-state index contributed by atoms with van der Waals surface area (Å²) in [5, 5.41) is 17.8. The van der Waals surface area contributed by atoms with Gasteiger partial charge in [-0.1, -0.05) is 23.8 Å². The Morgan fingerprint density at radius 3 is 2.43 bits per heavy atom. The number of carboxylic acid groups (broad SMARTS) is 1. The van der Waals surface area contributed by atoms with Crippen LogP contribution in [-0.4, -0.2) is 34.4 Å². The summed E-state index contributed by atoms with van der Waals surface area (Å²) in [4.78, 5) is 13.1. The second-order valence-electron chi connectivity index (χ2n) is 6.19. The van der Waals surface area contributed by atoms with Gasteiger partial charge in [0.05, 0.1) is 11.6 Å². The minimum Gasteiger partial charge on any atom is -0.481 e. The predicted molar refractivity (Wildman–Crippen MR) is 89.5 cm³/mol. The van der Waals surface area contributed by atoms with Gasteiger partial charge in [0, 0.05) is 18.7 Å².